The van der Waals surface area contributed by atoms with E-state index in [1.807, 2.05) is 0 Å². The fourth-order valence-corrected chi connectivity index (χ4v) is 1.59. The molecule has 0 saturated heterocycles. The Balaban J connectivity index is 2.69. The summed E-state index contributed by atoms with van der Waals surface area (Å²) in [5.74, 6) is 0. The standard InChI is InChI=1S/C13H19N/c1-9(2)6-7-10(3)13-11(4)8-12(5)14-13/h8,14H,1,3,6-7H2,2,4-5H3. The third-order valence-corrected chi connectivity index (χ3v) is 2.36. The molecule has 0 saturated carbocycles. The van der Waals surface area contributed by atoms with Crippen LogP contribution in [0.1, 0.15) is 36.7 Å². The summed E-state index contributed by atoms with van der Waals surface area (Å²) in [6, 6.07) is 2.15. The molecule has 0 aromatic carbocycles. The van der Waals surface area contributed by atoms with Crippen LogP contribution in [0.15, 0.2) is 24.8 Å². The van der Waals surface area contributed by atoms with Crippen LogP contribution in [0.3, 0.4) is 0 Å². The van der Waals surface area contributed by atoms with Crippen LogP contribution in [0.2, 0.25) is 0 Å². The van der Waals surface area contributed by atoms with Gasteiger partial charge in [0, 0.05) is 11.4 Å². The zero-order chi connectivity index (χ0) is 10.7. The van der Waals surface area contributed by atoms with Crippen LogP contribution >= 0.6 is 0 Å². The predicted octanol–water partition coefficient (Wildman–Crippen LogP) is 4.00. The first-order valence-electron chi connectivity index (χ1n) is 4.99. The van der Waals surface area contributed by atoms with Gasteiger partial charge in [-0.1, -0.05) is 12.2 Å². The first-order chi connectivity index (χ1) is 6.50. The summed E-state index contributed by atoms with van der Waals surface area (Å²) in [7, 11) is 0. The topological polar surface area (TPSA) is 15.8 Å². The van der Waals surface area contributed by atoms with Gasteiger partial charge in [-0.15, -0.1) is 6.58 Å². The maximum Gasteiger partial charge on any atom is 0.0438 e. The molecule has 0 aliphatic heterocycles. The number of H-pyrrole nitrogens is 1. The van der Waals surface area contributed by atoms with E-state index in [-0.39, 0.29) is 0 Å². The van der Waals surface area contributed by atoms with Gasteiger partial charge in [-0.05, 0) is 50.8 Å². The van der Waals surface area contributed by atoms with E-state index in [1.165, 1.54) is 28.1 Å². The SMILES string of the molecule is C=C(C)CCC(=C)c1[nH]c(C)cc1C. The van der Waals surface area contributed by atoms with Crippen molar-refractivity contribution in [3.05, 3.63) is 41.7 Å². The zero-order valence-corrected chi connectivity index (χ0v) is 9.41. The number of aromatic amines is 1. The van der Waals surface area contributed by atoms with Crippen molar-refractivity contribution in [2.45, 2.75) is 33.6 Å². The minimum atomic E-state index is 0.996. The van der Waals surface area contributed by atoms with E-state index in [2.05, 4.69) is 45.0 Å². The second-order valence-electron chi connectivity index (χ2n) is 4.07. The minimum absolute atomic E-state index is 0.996. The van der Waals surface area contributed by atoms with Gasteiger partial charge in [0.2, 0.25) is 0 Å². The Morgan fingerprint density at radius 1 is 1.29 bits per heavy atom. The maximum absolute atomic E-state index is 4.10. The molecule has 76 valence electrons. The molecule has 1 rings (SSSR count). The third-order valence-electron chi connectivity index (χ3n) is 2.36. The number of allylic oxidation sites excluding steroid dienone is 2. The van der Waals surface area contributed by atoms with Gasteiger partial charge in [-0.3, -0.25) is 0 Å². The van der Waals surface area contributed by atoms with Crippen molar-refractivity contribution >= 4 is 5.57 Å². The number of aromatic nitrogens is 1. The van der Waals surface area contributed by atoms with Gasteiger partial charge in [-0.25, -0.2) is 0 Å². The Hall–Kier alpha value is -1.24. The van der Waals surface area contributed by atoms with Crippen LogP contribution in [0.4, 0.5) is 0 Å². The lowest BCUT2D eigenvalue weighted by Gasteiger charge is -2.04. The predicted molar refractivity (Wildman–Crippen MR) is 63.3 cm³/mol. The highest BCUT2D eigenvalue weighted by Crippen LogP contribution is 2.22. The van der Waals surface area contributed by atoms with Gasteiger partial charge in [0.05, 0.1) is 0 Å². The van der Waals surface area contributed by atoms with E-state index in [9.17, 15) is 0 Å². The van der Waals surface area contributed by atoms with Crippen molar-refractivity contribution in [1.29, 1.82) is 0 Å². The minimum Gasteiger partial charge on any atom is -0.359 e. The third kappa shape index (κ3) is 2.63. The molecule has 0 amide bonds. The number of hydrogen-bond donors (Lipinski definition) is 1. The summed E-state index contributed by atoms with van der Waals surface area (Å²) >= 11 is 0. The first kappa shape index (κ1) is 10.8. The van der Waals surface area contributed by atoms with E-state index < -0.39 is 0 Å². The van der Waals surface area contributed by atoms with E-state index in [4.69, 9.17) is 0 Å². The summed E-state index contributed by atoms with van der Waals surface area (Å²) in [5, 5.41) is 0. The van der Waals surface area contributed by atoms with E-state index in [0.29, 0.717) is 0 Å². The molecule has 0 spiro atoms. The summed E-state index contributed by atoms with van der Waals surface area (Å²) in [4.78, 5) is 3.34. The van der Waals surface area contributed by atoms with Gasteiger partial charge in [0.15, 0.2) is 0 Å². The monoisotopic (exact) mass is 189 g/mol. The fraction of sp³-hybridized carbons (Fsp3) is 0.385. The Morgan fingerprint density at radius 2 is 1.93 bits per heavy atom. The molecule has 0 radical (unpaired) electrons. The lowest BCUT2D eigenvalue weighted by molar-refractivity contribution is 0.990. The smallest absolute Gasteiger partial charge is 0.0438 e. The molecule has 1 nitrogen and oxygen atoms in total. The molecule has 1 N–H and O–H groups in total. The fourth-order valence-electron chi connectivity index (χ4n) is 1.59. The molecular weight excluding hydrogens is 170 g/mol. The zero-order valence-electron chi connectivity index (χ0n) is 9.41. The molecule has 0 aliphatic carbocycles. The highest BCUT2D eigenvalue weighted by atomic mass is 14.7. The molecule has 1 heterocycles. The molecular formula is C13H19N. The highest BCUT2D eigenvalue weighted by Gasteiger charge is 2.05. The normalized spacial score (nSPS) is 10.2. The molecule has 1 heteroatoms. The van der Waals surface area contributed by atoms with Crippen LogP contribution in [0.25, 0.3) is 5.57 Å². The first-order valence-corrected chi connectivity index (χ1v) is 4.99. The molecule has 0 bridgehead atoms. The Labute approximate surface area is 86.5 Å². The van der Waals surface area contributed by atoms with Gasteiger partial charge in [0.1, 0.15) is 0 Å². The van der Waals surface area contributed by atoms with Crippen molar-refractivity contribution in [2.24, 2.45) is 0 Å². The number of hydrogen-bond acceptors (Lipinski definition) is 0. The lowest BCUT2D eigenvalue weighted by atomic mass is 10.0. The molecule has 1 aromatic heterocycles. The highest BCUT2D eigenvalue weighted by molar-refractivity contribution is 5.63. The molecule has 0 aliphatic rings. The lowest BCUT2D eigenvalue weighted by Crippen LogP contribution is -1.87. The van der Waals surface area contributed by atoms with E-state index >= 15 is 0 Å². The van der Waals surface area contributed by atoms with Crippen molar-refractivity contribution < 1.29 is 0 Å². The van der Waals surface area contributed by atoms with Crippen LogP contribution in [-0.4, -0.2) is 4.98 Å². The van der Waals surface area contributed by atoms with Gasteiger partial charge in [-0.2, -0.15) is 0 Å². The summed E-state index contributed by atoms with van der Waals surface area (Å²) in [5.41, 5.74) is 6.08. The average Bonchev–Trinajstić information content (AvgIpc) is 2.41. The molecule has 14 heavy (non-hydrogen) atoms. The van der Waals surface area contributed by atoms with Crippen molar-refractivity contribution in [1.82, 2.24) is 4.98 Å². The van der Waals surface area contributed by atoms with E-state index in [1.54, 1.807) is 0 Å². The van der Waals surface area contributed by atoms with Crippen molar-refractivity contribution in [2.75, 3.05) is 0 Å². The van der Waals surface area contributed by atoms with Crippen LogP contribution in [-0.2, 0) is 0 Å². The molecule has 0 unspecified atom stereocenters. The van der Waals surface area contributed by atoms with Gasteiger partial charge < -0.3 is 4.98 Å². The largest absolute Gasteiger partial charge is 0.359 e. The molecule has 0 atom stereocenters. The number of nitrogens with one attached hydrogen (secondary N) is 1. The van der Waals surface area contributed by atoms with Gasteiger partial charge in [0.25, 0.3) is 0 Å². The molecule has 0 fully saturated rings. The number of aryl methyl sites for hydroxylation is 2. The quantitative estimate of drug-likeness (QED) is 0.689. The van der Waals surface area contributed by atoms with Gasteiger partial charge >= 0.3 is 0 Å². The van der Waals surface area contributed by atoms with Crippen molar-refractivity contribution in [3.8, 4) is 0 Å². The summed E-state index contributed by atoms with van der Waals surface area (Å²) in [6.07, 6.45) is 2.02. The maximum atomic E-state index is 4.10. The average molecular weight is 189 g/mol. The molecule has 1 aromatic rings. The van der Waals surface area contributed by atoms with E-state index in [0.717, 1.165) is 12.8 Å². The summed E-state index contributed by atoms with van der Waals surface area (Å²) in [6.45, 7) is 14.2. The Kier molecular flexibility index (Phi) is 3.34. The Morgan fingerprint density at radius 3 is 2.36 bits per heavy atom. The second kappa shape index (κ2) is 4.32. The van der Waals surface area contributed by atoms with Crippen LogP contribution in [0, 0.1) is 13.8 Å². The van der Waals surface area contributed by atoms with Crippen LogP contribution < -0.4 is 0 Å². The van der Waals surface area contributed by atoms with Crippen molar-refractivity contribution in [3.63, 3.8) is 0 Å². The summed E-state index contributed by atoms with van der Waals surface area (Å²) < 4.78 is 0. The second-order valence-corrected chi connectivity index (χ2v) is 4.07. The van der Waals surface area contributed by atoms with Crippen LogP contribution in [0.5, 0.6) is 0 Å². The Bertz CT molecular complexity index is 355. The number of rotatable bonds is 4.